The molecule has 1 aromatic heterocycles. The van der Waals surface area contributed by atoms with E-state index in [4.69, 9.17) is 21.3 Å². The standard InChI is InChI=1S/C29H27ClN4O5/c1-17(2)14-25(27-31-23-13-4-18(28(36)37)15-24(23)32(27)3)34-26(35)16-33(29(34)38)20-7-11-22(12-8-20)39-21-9-5-19(30)6-10-21/h4-13,15,17,25H,14,16H2,1-3H3,(H,36,37)/t25-/m0/s1. The largest absolute Gasteiger partial charge is 0.478 e. The van der Waals surface area contributed by atoms with E-state index in [0.717, 1.165) is 0 Å². The van der Waals surface area contributed by atoms with Gasteiger partial charge in [0, 0.05) is 17.8 Å². The number of imide groups is 1. The number of anilines is 1. The molecule has 2 heterocycles. The molecule has 4 aromatic rings. The first-order chi connectivity index (χ1) is 18.6. The van der Waals surface area contributed by atoms with Crippen LogP contribution in [0.25, 0.3) is 11.0 Å². The number of benzene rings is 3. The summed E-state index contributed by atoms with van der Waals surface area (Å²) in [7, 11) is 1.77. The molecule has 0 spiro atoms. The minimum absolute atomic E-state index is 0.0993. The van der Waals surface area contributed by atoms with Gasteiger partial charge in [0.2, 0.25) is 0 Å². The summed E-state index contributed by atoms with van der Waals surface area (Å²) in [5, 5.41) is 10.0. The molecule has 200 valence electrons. The maximum absolute atomic E-state index is 13.7. The molecule has 3 aromatic carbocycles. The second-order valence-electron chi connectivity index (χ2n) is 9.87. The van der Waals surface area contributed by atoms with Gasteiger partial charge >= 0.3 is 12.0 Å². The molecule has 0 radical (unpaired) electrons. The number of carboxylic acids is 1. The van der Waals surface area contributed by atoms with E-state index >= 15 is 0 Å². The average Bonchev–Trinajstić information content (AvgIpc) is 3.39. The van der Waals surface area contributed by atoms with Gasteiger partial charge in [0.05, 0.1) is 22.6 Å². The van der Waals surface area contributed by atoms with Crippen molar-refractivity contribution in [2.24, 2.45) is 13.0 Å². The highest BCUT2D eigenvalue weighted by atomic mass is 35.5. The number of aromatic nitrogens is 2. The lowest BCUT2D eigenvalue weighted by molar-refractivity contribution is -0.127. The number of halogens is 1. The van der Waals surface area contributed by atoms with Gasteiger partial charge in [0.1, 0.15) is 23.9 Å². The molecule has 1 atom stereocenters. The molecule has 0 unspecified atom stereocenters. The van der Waals surface area contributed by atoms with Crippen LogP contribution in [-0.4, -0.2) is 44.0 Å². The van der Waals surface area contributed by atoms with Crippen molar-refractivity contribution in [3.63, 3.8) is 0 Å². The summed E-state index contributed by atoms with van der Waals surface area (Å²) in [6.45, 7) is 3.93. The number of aryl methyl sites for hydroxylation is 1. The van der Waals surface area contributed by atoms with E-state index < -0.39 is 18.0 Å². The van der Waals surface area contributed by atoms with E-state index in [-0.39, 0.29) is 23.9 Å². The molecule has 1 N–H and O–H groups in total. The fourth-order valence-electron chi connectivity index (χ4n) is 4.77. The number of aromatic carboxylic acids is 1. The van der Waals surface area contributed by atoms with Crippen molar-refractivity contribution in [1.82, 2.24) is 14.5 Å². The predicted molar refractivity (Wildman–Crippen MR) is 147 cm³/mol. The van der Waals surface area contributed by atoms with Crippen LogP contribution in [0.3, 0.4) is 0 Å². The summed E-state index contributed by atoms with van der Waals surface area (Å²) in [5.74, 6) is 0.517. The molecule has 1 fully saturated rings. The zero-order valence-corrected chi connectivity index (χ0v) is 22.4. The maximum Gasteiger partial charge on any atom is 0.335 e. The Balaban J connectivity index is 1.43. The van der Waals surface area contributed by atoms with E-state index in [0.29, 0.717) is 45.5 Å². The Kier molecular flexibility index (Phi) is 7.01. The lowest BCUT2D eigenvalue weighted by Gasteiger charge is -2.27. The van der Waals surface area contributed by atoms with Crippen molar-refractivity contribution in [3.05, 3.63) is 83.1 Å². The molecule has 10 heteroatoms. The van der Waals surface area contributed by atoms with Crippen LogP contribution in [-0.2, 0) is 11.8 Å². The predicted octanol–water partition coefficient (Wildman–Crippen LogP) is 6.27. The minimum Gasteiger partial charge on any atom is -0.478 e. The second-order valence-corrected chi connectivity index (χ2v) is 10.3. The van der Waals surface area contributed by atoms with Crippen molar-refractivity contribution in [2.75, 3.05) is 11.4 Å². The van der Waals surface area contributed by atoms with E-state index in [1.807, 2.05) is 13.8 Å². The number of hydrogen-bond acceptors (Lipinski definition) is 5. The number of nitrogens with zero attached hydrogens (tertiary/aromatic N) is 4. The van der Waals surface area contributed by atoms with Crippen LogP contribution in [0.5, 0.6) is 11.5 Å². The first-order valence-corrected chi connectivity index (χ1v) is 12.9. The SMILES string of the molecule is CC(C)C[C@@H](c1nc2ccc(C(=O)O)cc2n1C)N1C(=O)CN(c2ccc(Oc3ccc(Cl)cc3)cc2)C1=O. The van der Waals surface area contributed by atoms with Gasteiger partial charge in [0.15, 0.2) is 0 Å². The molecule has 9 nitrogen and oxygen atoms in total. The molecular weight excluding hydrogens is 520 g/mol. The minimum atomic E-state index is -1.04. The number of carbonyl (C=O) groups is 3. The summed E-state index contributed by atoms with van der Waals surface area (Å²) < 4.78 is 7.60. The Hall–Kier alpha value is -4.37. The molecular formula is C29H27ClN4O5. The van der Waals surface area contributed by atoms with Gasteiger partial charge in [-0.05, 0) is 79.1 Å². The van der Waals surface area contributed by atoms with E-state index in [9.17, 15) is 19.5 Å². The van der Waals surface area contributed by atoms with Gasteiger partial charge in [-0.25, -0.2) is 14.6 Å². The fourth-order valence-corrected chi connectivity index (χ4v) is 4.90. The van der Waals surface area contributed by atoms with Crippen molar-refractivity contribution >= 4 is 46.2 Å². The number of hydrogen-bond donors (Lipinski definition) is 1. The van der Waals surface area contributed by atoms with Gasteiger partial charge in [0.25, 0.3) is 5.91 Å². The topological polar surface area (TPSA) is 105 Å². The number of amides is 3. The maximum atomic E-state index is 13.7. The number of carboxylic acid groups (broad SMARTS) is 1. The number of fused-ring (bicyclic) bond motifs is 1. The average molecular weight is 547 g/mol. The molecule has 3 amide bonds. The van der Waals surface area contributed by atoms with Crippen LogP contribution in [0.15, 0.2) is 66.7 Å². The van der Waals surface area contributed by atoms with E-state index in [1.165, 1.54) is 15.9 Å². The zero-order valence-electron chi connectivity index (χ0n) is 21.7. The van der Waals surface area contributed by atoms with Gasteiger partial charge in [-0.2, -0.15) is 0 Å². The Morgan fingerprint density at radius 1 is 1.03 bits per heavy atom. The van der Waals surface area contributed by atoms with Gasteiger partial charge in [-0.3, -0.25) is 14.6 Å². The third-order valence-corrected chi connectivity index (χ3v) is 6.92. The highest BCUT2D eigenvalue weighted by Gasteiger charge is 2.43. The third kappa shape index (κ3) is 5.18. The molecule has 1 saturated heterocycles. The second kappa shape index (κ2) is 10.4. The highest BCUT2D eigenvalue weighted by molar-refractivity contribution is 6.30. The molecule has 0 aliphatic carbocycles. The van der Waals surface area contributed by atoms with Crippen LogP contribution < -0.4 is 9.64 Å². The molecule has 1 aliphatic rings. The first-order valence-electron chi connectivity index (χ1n) is 12.5. The fraction of sp³-hybridized carbons (Fsp3) is 0.241. The Bertz CT molecular complexity index is 1560. The summed E-state index contributed by atoms with van der Waals surface area (Å²) in [6, 6.07) is 17.6. The lowest BCUT2D eigenvalue weighted by Crippen LogP contribution is -2.38. The molecule has 0 saturated carbocycles. The van der Waals surface area contributed by atoms with Crippen LogP contribution in [0, 0.1) is 5.92 Å². The summed E-state index contributed by atoms with van der Waals surface area (Å²) >= 11 is 5.93. The quantitative estimate of drug-likeness (QED) is 0.261. The van der Waals surface area contributed by atoms with Crippen LogP contribution in [0.4, 0.5) is 10.5 Å². The number of carbonyl (C=O) groups excluding carboxylic acids is 2. The monoisotopic (exact) mass is 546 g/mol. The van der Waals surface area contributed by atoms with Crippen molar-refractivity contribution < 1.29 is 24.2 Å². The highest BCUT2D eigenvalue weighted by Crippen LogP contribution is 2.35. The first kappa shape index (κ1) is 26.2. The van der Waals surface area contributed by atoms with Crippen LogP contribution >= 0.6 is 11.6 Å². The molecule has 0 bridgehead atoms. The summed E-state index contributed by atoms with van der Waals surface area (Å²) in [4.78, 5) is 45.9. The Labute approximate surface area is 230 Å². The lowest BCUT2D eigenvalue weighted by atomic mass is 10.0. The van der Waals surface area contributed by atoms with Crippen molar-refractivity contribution in [1.29, 1.82) is 0 Å². The molecule has 39 heavy (non-hydrogen) atoms. The van der Waals surface area contributed by atoms with Crippen LogP contribution in [0.2, 0.25) is 5.02 Å². The zero-order chi connectivity index (χ0) is 27.8. The molecule has 5 rings (SSSR count). The van der Waals surface area contributed by atoms with Gasteiger partial charge in [-0.15, -0.1) is 0 Å². The van der Waals surface area contributed by atoms with E-state index in [1.54, 1.807) is 72.3 Å². The van der Waals surface area contributed by atoms with Crippen LogP contribution in [0.1, 0.15) is 42.5 Å². The summed E-state index contributed by atoms with van der Waals surface area (Å²) in [6.07, 6.45) is 0.502. The molecule has 1 aliphatic heterocycles. The normalized spacial score (nSPS) is 14.5. The van der Waals surface area contributed by atoms with Crippen molar-refractivity contribution in [2.45, 2.75) is 26.3 Å². The van der Waals surface area contributed by atoms with Gasteiger partial charge in [-0.1, -0.05) is 25.4 Å². The van der Waals surface area contributed by atoms with Gasteiger partial charge < -0.3 is 14.4 Å². The number of rotatable bonds is 8. The number of imidazole rings is 1. The Morgan fingerprint density at radius 2 is 1.67 bits per heavy atom. The van der Waals surface area contributed by atoms with Crippen molar-refractivity contribution in [3.8, 4) is 11.5 Å². The number of ether oxygens (including phenoxy) is 1. The number of urea groups is 1. The smallest absolute Gasteiger partial charge is 0.335 e. The van der Waals surface area contributed by atoms with E-state index in [2.05, 4.69) is 0 Å². The Morgan fingerprint density at radius 3 is 2.28 bits per heavy atom. The summed E-state index contributed by atoms with van der Waals surface area (Å²) in [5.41, 5.74) is 1.92. The third-order valence-electron chi connectivity index (χ3n) is 6.66.